The molecule has 0 unspecified atom stereocenters. The third-order valence-electron chi connectivity index (χ3n) is 1.98. The maximum Gasteiger partial charge on any atom is 0.162 e. The number of rotatable bonds is 2. The first-order valence-corrected chi connectivity index (χ1v) is 4.47. The number of ketones is 1. The Labute approximate surface area is 82.3 Å². The van der Waals surface area contributed by atoms with Gasteiger partial charge >= 0.3 is 0 Å². The average molecular weight is 189 g/mol. The number of nitrogens with one attached hydrogen (secondary N) is 1. The summed E-state index contributed by atoms with van der Waals surface area (Å²) in [6, 6.07) is 7.68. The maximum absolute atomic E-state index is 10.9. The van der Waals surface area contributed by atoms with E-state index in [-0.39, 0.29) is 5.78 Å². The molecule has 0 saturated carbocycles. The fourth-order valence-electron chi connectivity index (χ4n) is 1.39. The predicted octanol–water partition coefficient (Wildman–Crippen LogP) is 1.90. The van der Waals surface area contributed by atoms with Crippen molar-refractivity contribution in [1.29, 1.82) is 0 Å². The van der Waals surface area contributed by atoms with Gasteiger partial charge in [-0.15, -0.1) is 0 Å². The van der Waals surface area contributed by atoms with Crippen LogP contribution >= 0.6 is 0 Å². The fraction of sp³-hybridized carbons (Fsp3) is 0.182. The van der Waals surface area contributed by atoms with Gasteiger partial charge < -0.3 is 4.84 Å². The van der Waals surface area contributed by atoms with Crippen molar-refractivity contribution in [1.82, 2.24) is 5.48 Å². The second kappa shape index (κ2) is 3.54. The number of fused-ring (bicyclic) bond motifs is 1. The lowest BCUT2D eigenvalue weighted by Gasteiger charge is -2.17. The van der Waals surface area contributed by atoms with Crippen molar-refractivity contribution in [3.05, 3.63) is 35.5 Å². The van der Waals surface area contributed by atoms with Crippen LogP contribution in [0.3, 0.4) is 0 Å². The zero-order valence-corrected chi connectivity index (χ0v) is 7.91. The second-order valence-corrected chi connectivity index (χ2v) is 3.29. The number of carbonyl (C=O) groups is 1. The standard InChI is InChI=1S/C11H11NO2/c1-8(13)6-10-7-9-4-2-3-5-11(9)14-12-10/h2-5,7,12H,6H2,1H3. The molecule has 0 aromatic heterocycles. The van der Waals surface area contributed by atoms with Gasteiger partial charge in [0.05, 0.1) is 5.70 Å². The molecule has 0 radical (unpaired) electrons. The number of hydrogen-bond donors (Lipinski definition) is 1. The monoisotopic (exact) mass is 189 g/mol. The lowest BCUT2D eigenvalue weighted by molar-refractivity contribution is -0.116. The number of allylic oxidation sites excluding steroid dienone is 1. The Morgan fingerprint density at radius 1 is 1.43 bits per heavy atom. The highest BCUT2D eigenvalue weighted by Crippen LogP contribution is 2.24. The molecule has 1 aromatic carbocycles. The van der Waals surface area contributed by atoms with E-state index in [1.54, 1.807) is 6.92 Å². The third-order valence-corrected chi connectivity index (χ3v) is 1.98. The van der Waals surface area contributed by atoms with Crippen molar-refractivity contribution in [2.24, 2.45) is 0 Å². The van der Waals surface area contributed by atoms with Crippen LogP contribution in [-0.4, -0.2) is 5.78 Å². The average Bonchev–Trinajstić information content (AvgIpc) is 2.17. The van der Waals surface area contributed by atoms with E-state index < -0.39 is 0 Å². The predicted molar refractivity (Wildman–Crippen MR) is 53.5 cm³/mol. The third kappa shape index (κ3) is 1.76. The topological polar surface area (TPSA) is 38.3 Å². The number of para-hydroxylation sites is 1. The van der Waals surface area contributed by atoms with Crippen molar-refractivity contribution in [3.63, 3.8) is 0 Å². The summed E-state index contributed by atoms with van der Waals surface area (Å²) in [5.74, 6) is 0.909. The van der Waals surface area contributed by atoms with Crippen LogP contribution in [0.25, 0.3) is 6.08 Å². The van der Waals surface area contributed by atoms with Gasteiger partial charge in [0.15, 0.2) is 5.75 Å². The molecule has 0 atom stereocenters. The summed E-state index contributed by atoms with van der Waals surface area (Å²) in [7, 11) is 0. The van der Waals surface area contributed by atoms with E-state index in [0.29, 0.717) is 6.42 Å². The number of Topliss-reactive ketones (excluding diaryl/α,β-unsaturated/α-hetero) is 1. The Bertz CT molecular complexity index is 396. The van der Waals surface area contributed by atoms with E-state index in [1.807, 2.05) is 30.3 Å². The van der Waals surface area contributed by atoms with Crippen molar-refractivity contribution in [2.45, 2.75) is 13.3 Å². The molecule has 14 heavy (non-hydrogen) atoms. The van der Waals surface area contributed by atoms with Crippen molar-refractivity contribution in [3.8, 4) is 5.75 Å². The lowest BCUT2D eigenvalue weighted by Crippen LogP contribution is -2.22. The van der Waals surface area contributed by atoms with E-state index in [1.165, 1.54) is 0 Å². The number of benzene rings is 1. The molecule has 0 fully saturated rings. The van der Waals surface area contributed by atoms with Crippen LogP contribution in [0.15, 0.2) is 30.0 Å². The van der Waals surface area contributed by atoms with Crippen LogP contribution in [0.5, 0.6) is 5.75 Å². The van der Waals surface area contributed by atoms with Crippen LogP contribution in [0.2, 0.25) is 0 Å². The molecular weight excluding hydrogens is 178 g/mol. The number of carbonyl (C=O) groups excluding carboxylic acids is 1. The van der Waals surface area contributed by atoms with E-state index in [4.69, 9.17) is 4.84 Å². The number of hydrogen-bond acceptors (Lipinski definition) is 3. The van der Waals surface area contributed by atoms with E-state index in [2.05, 4.69) is 5.48 Å². The Kier molecular flexibility index (Phi) is 2.23. The summed E-state index contributed by atoms with van der Waals surface area (Å²) >= 11 is 0. The summed E-state index contributed by atoms with van der Waals surface area (Å²) < 4.78 is 0. The molecule has 1 N–H and O–H groups in total. The first-order valence-electron chi connectivity index (χ1n) is 4.47. The Morgan fingerprint density at radius 3 is 3.00 bits per heavy atom. The Balaban J connectivity index is 2.26. The minimum absolute atomic E-state index is 0.117. The summed E-state index contributed by atoms with van der Waals surface area (Å²) in [4.78, 5) is 16.2. The normalized spacial score (nSPS) is 13.4. The fourth-order valence-corrected chi connectivity index (χ4v) is 1.39. The lowest BCUT2D eigenvalue weighted by atomic mass is 10.1. The molecule has 0 saturated heterocycles. The van der Waals surface area contributed by atoms with Crippen LogP contribution in [0, 0.1) is 0 Å². The van der Waals surface area contributed by atoms with Gasteiger partial charge in [-0.3, -0.25) is 4.79 Å². The number of hydroxylamine groups is 1. The van der Waals surface area contributed by atoms with Crippen LogP contribution in [0.4, 0.5) is 0 Å². The highest BCUT2D eigenvalue weighted by Gasteiger charge is 2.10. The van der Waals surface area contributed by atoms with Gasteiger partial charge in [-0.1, -0.05) is 18.2 Å². The maximum atomic E-state index is 10.9. The van der Waals surface area contributed by atoms with Crippen molar-refractivity contribution in [2.75, 3.05) is 0 Å². The van der Waals surface area contributed by atoms with E-state index in [0.717, 1.165) is 17.0 Å². The smallest absolute Gasteiger partial charge is 0.162 e. The van der Waals surface area contributed by atoms with Gasteiger partial charge in [-0.05, 0) is 19.1 Å². The molecule has 0 spiro atoms. The van der Waals surface area contributed by atoms with Gasteiger partial charge in [0.1, 0.15) is 5.78 Å². The highest BCUT2D eigenvalue weighted by atomic mass is 16.6. The molecule has 2 rings (SSSR count). The molecule has 0 bridgehead atoms. The summed E-state index contributed by atoms with van der Waals surface area (Å²) in [5.41, 5.74) is 4.55. The van der Waals surface area contributed by atoms with Gasteiger partial charge in [0, 0.05) is 12.0 Å². The summed E-state index contributed by atoms with van der Waals surface area (Å²) in [6.45, 7) is 1.56. The highest BCUT2D eigenvalue weighted by molar-refractivity contribution is 5.80. The zero-order chi connectivity index (χ0) is 9.97. The SMILES string of the molecule is CC(=O)CC1=Cc2ccccc2ON1. The molecule has 0 amide bonds. The molecule has 72 valence electrons. The van der Waals surface area contributed by atoms with Crippen LogP contribution < -0.4 is 10.3 Å². The Morgan fingerprint density at radius 2 is 2.21 bits per heavy atom. The van der Waals surface area contributed by atoms with Crippen molar-refractivity contribution >= 4 is 11.9 Å². The Hall–Kier alpha value is -1.77. The summed E-state index contributed by atoms with van der Waals surface area (Å²) in [6.07, 6.45) is 2.31. The quantitative estimate of drug-likeness (QED) is 0.772. The first-order chi connectivity index (χ1) is 6.75. The summed E-state index contributed by atoms with van der Waals surface area (Å²) in [5, 5.41) is 0. The molecule has 0 aliphatic carbocycles. The molecule has 1 aromatic rings. The van der Waals surface area contributed by atoms with Crippen LogP contribution in [-0.2, 0) is 4.79 Å². The molecule has 3 heteroatoms. The first kappa shape index (κ1) is 8.81. The van der Waals surface area contributed by atoms with Crippen LogP contribution in [0.1, 0.15) is 18.9 Å². The molecule has 1 aliphatic heterocycles. The second-order valence-electron chi connectivity index (χ2n) is 3.29. The zero-order valence-electron chi connectivity index (χ0n) is 7.91. The molecular formula is C11H11NO2. The van der Waals surface area contributed by atoms with Gasteiger partial charge in [0.25, 0.3) is 0 Å². The van der Waals surface area contributed by atoms with E-state index >= 15 is 0 Å². The molecule has 1 aliphatic rings. The van der Waals surface area contributed by atoms with Crippen molar-refractivity contribution < 1.29 is 9.63 Å². The van der Waals surface area contributed by atoms with E-state index in [9.17, 15) is 4.79 Å². The molecule has 1 heterocycles. The molecule has 3 nitrogen and oxygen atoms in total. The van der Waals surface area contributed by atoms with Gasteiger partial charge in [0.2, 0.25) is 0 Å². The van der Waals surface area contributed by atoms with Gasteiger partial charge in [-0.25, -0.2) is 5.48 Å². The minimum atomic E-state index is 0.117. The largest absolute Gasteiger partial charge is 0.382 e. The minimum Gasteiger partial charge on any atom is -0.382 e. The van der Waals surface area contributed by atoms with Gasteiger partial charge in [-0.2, -0.15) is 0 Å².